The van der Waals surface area contributed by atoms with Crippen molar-refractivity contribution >= 4 is 5.97 Å². The van der Waals surface area contributed by atoms with E-state index in [9.17, 15) is 4.79 Å². The van der Waals surface area contributed by atoms with Crippen LogP contribution in [0.1, 0.15) is 12.0 Å². The number of methoxy groups -OCH3 is 1. The topological polar surface area (TPSA) is 65.0 Å². The van der Waals surface area contributed by atoms with Crippen LogP contribution in [0.5, 0.6) is 5.75 Å². The summed E-state index contributed by atoms with van der Waals surface area (Å²) in [5, 5.41) is 8.70. The molecule has 0 atom stereocenters. The summed E-state index contributed by atoms with van der Waals surface area (Å²) in [6, 6.07) is 7.09. The van der Waals surface area contributed by atoms with Gasteiger partial charge < -0.3 is 19.3 Å². The van der Waals surface area contributed by atoms with Gasteiger partial charge in [0.05, 0.1) is 13.0 Å². The smallest absolute Gasteiger partial charge is 0.307 e. The molecule has 19 heavy (non-hydrogen) atoms. The minimum atomic E-state index is -0.848. The zero-order valence-corrected chi connectivity index (χ0v) is 11.1. The predicted octanol–water partition coefficient (Wildman–Crippen LogP) is 1.75. The first-order valence-electron chi connectivity index (χ1n) is 6.22. The van der Waals surface area contributed by atoms with Crippen molar-refractivity contribution in [3.05, 3.63) is 29.8 Å². The highest BCUT2D eigenvalue weighted by Crippen LogP contribution is 2.13. The van der Waals surface area contributed by atoms with Crippen molar-refractivity contribution in [2.24, 2.45) is 0 Å². The first-order chi connectivity index (χ1) is 9.22. The summed E-state index contributed by atoms with van der Waals surface area (Å²) in [5.41, 5.74) is 0.728. The molecule has 0 fully saturated rings. The lowest BCUT2D eigenvalue weighted by atomic mass is 10.1. The Morgan fingerprint density at radius 3 is 2.79 bits per heavy atom. The largest absolute Gasteiger partial charge is 0.491 e. The van der Waals surface area contributed by atoms with Crippen LogP contribution in [0.15, 0.2) is 24.3 Å². The van der Waals surface area contributed by atoms with Gasteiger partial charge in [-0.25, -0.2) is 0 Å². The van der Waals surface area contributed by atoms with Gasteiger partial charge in [0.1, 0.15) is 12.4 Å². The summed E-state index contributed by atoms with van der Waals surface area (Å²) >= 11 is 0. The number of benzene rings is 1. The Morgan fingerprint density at radius 2 is 2.05 bits per heavy atom. The summed E-state index contributed by atoms with van der Waals surface area (Å²) in [4.78, 5) is 10.6. The minimum absolute atomic E-state index is 0.00468. The van der Waals surface area contributed by atoms with Crippen LogP contribution >= 0.6 is 0 Å². The van der Waals surface area contributed by atoms with Crippen LogP contribution in [0.4, 0.5) is 0 Å². The maximum Gasteiger partial charge on any atom is 0.307 e. The van der Waals surface area contributed by atoms with Gasteiger partial charge in [-0.05, 0) is 24.1 Å². The van der Waals surface area contributed by atoms with Crippen molar-refractivity contribution in [3.8, 4) is 5.75 Å². The number of carbonyl (C=O) groups is 1. The van der Waals surface area contributed by atoms with Crippen LogP contribution in [0.3, 0.4) is 0 Å². The SMILES string of the molecule is COCCCOCCOc1cccc(CC(=O)O)c1. The molecule has 5 nitrogen and oxygen atoms in total. The van der Waals surface area contributed by atoms with E-state index >= 15 is 0 Å². The lowest BCUT2D eigenvalue weighted by molar-refractivity contribution is -0.136. The molecule has 0 saturated carbocycles. The fraction of sp³-hybridized carbons (Fsp3) is 0.500. The molecule has 106 valence electrons. The van der Waals surface area contributed by atoms with Gasteiger partial charge in [0.25, 0.3) is 0 Å². The Bertz CT molecular complexity index is 378. The monoisotopic (exact) mass is 268 g/mol. The second kappa shape index (κ2) is 9.35. The Morgan fingerprint density at radius 1 is 1.21 bits per heavy atom. The zero-order valence-electron chi connectivity index (χ0n) is 11.1. The molecule has 0 radical (unpaired) electrons. The number of ether oxygens (including phenoxy) is 3. The van der Waals surface area contributed by atoms with Crippen molar-refractivity contribution in [3.63, 3.8) is 0 Å². The molecule has 0 spiro atoms. The van der Waals surface area contributed by atoms with Gasteiger partial charge in [0.2, 0.25) is 0 Å². The average Bonchev–Trinajstić information content (AvgIpc) is 2.37. The van der Waals surface area contributed by atoms with Gasteiger partial charge in [-0.1, -0.05) is 12.1 Å². The van der Waals surface area contributed by atoms with E-state index < -0.39 is 5.97 Å². The highest BCUT2D eigenvalue weighted by atomic mass is 16.5. The van der Waals surface area contributed by atoms with Crippen LogP contribution in [0.2, 0.25) is 0 Å². The van der Waals surface area contributed by atoms with E-state index in [1.54, 1.807) is 31.4 Å². The van der Waals surface area contributed by atoms with Gasteiger partial charge in [-0.3, -0.25) is 4.79 Å². The average molecular weight is 268 g/mol. The second-order valence-corrected chi connectivity index (χ2v) is 4.03. The van der Waals surface area contributed by atoms with E-state index in [-0.39, 0.29) is 6.42 Å². The van der Waals surface area contributed by atoms with Crippen LogP contribution in [0.25, 0.3) is 0 Å². The van der Waals surface area contributed by atoms with Gasteiger partial charge >= 0.3 is 5.97 Å². The first kappa shape index (κ1) is 15.5. The van der Waals surface area contributed by atoms with Gasteiger partial charge in [0.15, 0.2) is 0 Å². The Balaban J connectivity index is 2.20. The van der Waals surface area contributed by atoms with E-state index in [2.05, 4.69) is 0 Å². The number of hydrogen-bond acceptors (Lipinski definition) is 4. The van der Waals surface area contributed by atoms with Crippen molar-refractivity contribution in [1.82, 2.24) is 0 Å². The van der Waals surface area contributed by atoms with Gasteiger partial charge in [0, 0.05) is 20.3 Å². The molecule has 5 heteroatoms. The van der Waals surface area contributed by atoms with Crippen molar-refractivity contribution in [2.75, 3.05) is 33.5 Å². The van der Waals surface area contributed by atoms with Gasteiger partial charge in [-0.2, -0.15) is 0 Å². The second-order valence-electron chi connectivity index (χ2n) is 4.03. The number of hydrogen-bond donors (Lipinski definition) is 1. The van der Waals surface area contributed by atoms with Crippen LogP contribution in [-0.2, 0) is 20.7 Å². The molecule has 0 heterocycles. The summed E-state index contributed by atoms with van der Waals surface area (Å²) in [6.45, 7) is 2.30. The lowest BCUT2D eigenvalue weighted by Gasteiger charge is -2.08. The predicted molar refractivity (Wildman–Crippen MR) is 70.6 cm³/mol. The maximum absolute atomic E-state index is 10.6. The quantitative estimate of drug-likeness (QED) is 0.655. The number of carboxylic acids is 1. The lowest BCUT2D eigenvalue weighted by Crippen LogP contribution is -2.09. The fourth-order valence-electron chi connectivity index (χ4n) is 1.55. The maximum atomic E-state index is 10.6. The number of carboxylic acid groups (broad SMARTS) is 1. The van der Waals surface area contributed by atoms with E-state index in [0.717, 1.165) is 12.0 Å². The molecule has 1 aromatic carbocycles. The Kier molecular flexibility index (Phi) is 7.62. The van der Waals surface area contributed by atoms with E-state index in [1.165, 1.54) is 0 Å². The summed E-state index contributed by atoms with van der Waals surface area (Å²) in [6.07, 6.45) is 0.870. The van der Waals surface area contributed by atoms with Crippen molar-refractivity contribution < 1.29 is 24.1 Å². The molecule has 1 N–H and O–H groups in total. The van der Waals surface area contributed by atoms with Crippen LogP contribution < -0.4 is 4.74 Å². The Hall–Kier alpha value is -1.59. The molecule has 0 bridgehead atoms. The Labute approximate surface area is 113 Å². The third kappa shape index (κ3) is 7.43. The van der Waals surface area contributed by atoms with Crippen LogP contribution in [0, 0.1) is 0 Å². The fourth-order valence-corrected chi connectivity index (χ4v) is 1.55. The molecule has 0 aliphatic carbocycles. The summed E-state index contributed by atoms with van der Waals surface area (Å²) < 4.78 is 15.7. The highest BCUT2D eigenvalue weighted by molar-refractivity contribution is 5.70. The molecule has 0 aliphatic rings. The van der Waals surface area contributed by atoms with Crippen LogP contribution in [-0.4, -0.2) is 44.6 Å². The molecule has 0 aromatic heterocycles. The van der Waals surface area contributed by atoms with E-state index in [0.29, 0.717) is 32.2 Å². The summed E-state index contributed by atoms with van der Waals surface area (Å²) in [7, 11) is 1.66. The molecule has 0 aliphatic heterocycles. The standard InChI is InChI=1S/C14H20O5/c1-17-6-3-7-18-8-9-19-13-5-2-4-12(10-13)11-14(15)16/h2,4-5,10H,3,6-9,11H2,1H3,(H,15,16). The van der Waals surface area contributed by atoms with E-state index in [1.807, 2.05) is 0 Å². The molecule has 0 amide bonds. The zero-order chi connectivity index (χ0) is 13.9. The van der Waals surface area contributed by atoms with Crippen molar-refractivity contribution in [2.45, 2.75) is 12.8 Å². The van der Waals surface area contributed by atoms with Gasteiger partial charge in [-0.15, -0.1) is 0 Å². The minimum Gasteiger partial charge on any atom is -0.491 e. The molecule has 0 unspecified atom stereocenters. The molecule has 0 saturated heterocycles. The normalized spacial score (nSPS) is 10.4. The third-order valence-corrected chi connectivity index (χ3v) is 2.39. The van der Waals surface area contributed by atoms with E-state index in [4.69, 9.17) is 19.3 Å². The highest BCUT2D eigenvalue weighted by Gasteiger charge is 2.02. The number of aliphatic carboxylic acids is 1. The molecular formula is C14H20O5. The molecule has 1 rings (SSSR count). The van der Waals surface area contributed by atoms with Crippen molar-refractivity contribution in [1.29, 1.82) is 0 Å². The summed E-state index contributed by atoms with van der Waals surface area (Å²) in [5.74, 6) is -0.183. The molecule has 1 aromatic rings. The third-order valence-electron chi connectivity index (χ3n) is 2.39. The number of rotatable bonds is 10. The molecular weight excluding hydrogens is 248 g/mol. The first-order valence-corrected chi connectivity index (χ1v) is 6.22.